The number of hydrogen-bond donors (Lipinski definition) is 4. The zero-order valence-corrected chi connectivity index (χ0v) is 10.7. The van der Waals surface area contributed by atoms with Crippen LogP contribution in [-0.4, -0.2) is 37.7 Å². The van der Waals surface area contributed by atoms with Crippen LogP contribution in [0.25, 0.3) is 0 Å². The number of hydrogen-bond acceptors (Lipinski definition) is 5. The Labute approximate surface area is 110 Å². The van der Waals surface area contributed by atoms with Gasteiger partial charge in [0.15, 0.2) is 5.84 Å². The Kier molecular flexibility index (Phi) is 4.84. The Morgan fingerprint density at radius 3 is 2.58 bits per heavy atom. The van der Waals surface area contributed by atoms with E-state index in [1.807, 2.05) is 0 Å². The molecule has 0 saturated heterocycles. The van der Waals surface area contributed by atoms with Crippen molar-refractivity contribution in [2.45, 2.75) is 0 Å². The number of amides is 1. The van der Waals surface area contributed by atoms with Gasteiger partial charge < -0.3 is 16.3 Å². The van der Waals surface area contributed by atoms with Crippen LogP contribution in [0.2, 0.25) is 0 Å². The minimum Gasteiger partial charge on any atom is -0.409 e. The van der Waals surface area contributed by atoms with Gasteiger partial charge in [0.05, 0.1) is 5.75 Å². The Hall–Kier alpha value is -2.13. The Morgan fingerprint density at radius 2 is 2.00 bits per heavy atom. The summed E-state index contributed by atoms with van der Waals surface area (Å²) in [6.07, 6.45) is 0. The van der Waals surface area contributed by atoms with Crippen molar-refractivity contribution in [3.05, 3.63) is 35.4 Å². The minimum atomic E-state index is -3.61. The molecule has 0 spiro atoms. The number of amidine groups is 1. The highest BCUT2D eigenvalue weighted by molar-refractivity contribution is 7.89. The molecule has 0 radical (unpaired) electrons. The molecule has 0 fully saturated rings. The molecule has 0 aliphatic rings. The van der Waals surface area contributed by atoms with Crippen molar-refractivity contribution in [2.24, 2.45) is 16.0 Å². The molecule has 1 rings (SSSR count). The highest BCUT2D eigenvalue weighted by atomic mass is 32.2. The van der Waals surface area contributed by atoms with Gasteiger partial charge in [0.25, 0.3) is 5.91 Å². The maximum Gasteiger partial charge on any atom is 0.251 e. The summed E-state index contributed by atoms with van der Waals surface area (Å²) in [5.41, 5.74) is 6.03. The molecular weight excluding hydrogens is 272 g/mol. The molecule has 0 bridgehead atoms. The van der Waals surface area contributed by atoms with E-state index in [1.54, 1.807) is 12.1 Å². The van der Waals surface area contributed by atoms with E-state index in [0.717, 1.165) is 0 Å². The molecule has 0 aliphatic carbocycles. The van der Waals surface area contributed by atoms with Gasteiger partial charge in [-0.05, 0) is 12.1 Å². The predicted molar refractivity (Wildman–Crippen MR) is 69.3 cm³/mol. The van der Waals surface area contributed by atoms with Crippen LogP contribution in [0.3, 0.4) is 0 Å². The van der Waals surface area contributed by atoms with Crippen molar-refractivity contribution in [2.75, 3.05) is 12.3 Å². The Balaban J connectivity index is 2.73. The van der Waals surface area contributed by atoms with Crippen LogP contribution in [-0.2, 0) is 10.0 Å². The lowest BCUT2D eigenvalue weighted by molar-refractivity contribution is 0.0956. The number of oxime groups is 1. The molecule has 0 saturated carbocycles. The molecule has 0 aliphatic heterocycles. The first-order valence-electron chi connectivity index (χ1n) is 5.20. The number of carbonyl (C=O) groups is 1. The molecule has 8 nitrogen and oxygen atoms in total. The third-order valence-electron chi connectivity index (χ3n) is 2.20. The highest BCUT2D eigenvalue weighted by Gasteiger charge is 2.09. The van der Waals surface area contributed by atoms with E-state index in [-0.39, 0.29) is 23.7 Å². The van der Waals surface area contributed by atoms with Gasteiger partial charge in [-0.2, -0.15) is 0 Å². The normalized spacial score (nSPS) is 12.2. The SMILES string of the molecule is N/C(=N\O)c1cccc(C(=O)NCCS(N)(=O)=O)c1. The maximum atomic E-state index is 11.7. The molecule has 19 heavy (non-hydrogen) atoms. The summed E-state index contributed by atoms with van der Waals surface area (Å²) in [7, 11) is -3.61. The third-order valence-corrected chi connectivity index (χ3v) is 2.97. The Bertz CT molecular complexity index is 597. The van der Waals surface area contributed by atoms with Gasteiger partial charge in [0.1, 0.15) is 0 Å². The van der Waals surface area contributed by atoms with Gasteiger partial charge in [-0.1, -0.05) is 17.3 Å². The second kappa shape index (κ2) is 6.16. The second-order valence-corrected chi connectivity index (χ2v) is 5.42. The van der Waals surface area contributed by atoms with E-state index in [1.165, 1.54) is 12.1 Å². The van der Waals surface area contributed by atoms with E-state index in [2.05, 4.69) is 10.5 Å². The molecule has 6 N–H and O–H groups in total. The van der Waals surface area contributed by atoms with E-state index in [4.69, 9.17) is 16.1 Å². The lowest BCUT2D eigenvalue weighted by Crippen LogP contribution is -2.31. The fourth-order valence-corrected chi connectivity index (χ4v) is 1.67. The number of nitrogens with two attached hydrogens (primary N) is 2. The first-order valence-corrected chi connectivity index (χ1v) is 6.91. The highest BCUT2D eigenvalue weighted by Crippen LogP contribution is 2.05. The summed E-state index contributed by atoms with van der Waals surface area (Å²) >= 11 is 0. The van der Waals surface area contributed by atoms with Crippen LogP contribution in [0.4, 0.5) is 0 Å². The second-order valence-electron chi connectivity index (χ2n) is 3.69. The van der Waals surface area contributed by atoms with Crippen molar-refractivity contribution in [1.82, 2.24) is 5.32 Å². The summed E-state index contributed by atoms with van der Waals surface area (Å²) in [4.78, 5) is 11.7. The molecule has 9 heteroatoms. The van der Waals surface area contributed by atoms with Crippen LogP contribution in [0.15, 0.2) is 29.4 Å². The average molecular weight is 286 g/mol. The van der Waals surface area contributed by atoms with Gasteiger partial charge in [0, 0.05) is 17.7 Å². The van der Waals surface area contributed by atoms with Crippen LogP contribution in [0.5, 0.6) is 0 Å². The van der Waals surface area contributed by atoms with E-state index < -0.39 is 15.9 Å². The standard InChI is InChI=1S/C10H14N4O4S/c11-9(14-16)7-2-1-3-8(6-7)10(15)13-4-5-19(12,17)18/h1-3,6,16H,4-5H2,(H2,11,14)(H,13,15)(H2,12,17,18). The van der Waals surface area contributed by atoms with Gasteiger partial charge in [0.2, 0.25) is 10.0 Å². The van der Waals surface area contributed by atoms with Gasteiger partial charge in [-0.15, -0.1) is 0 Å². The lowest BCUT2D eigenvalue weighted by Gasteiger charge is -2.05. The van der Waals surface area contributed by atoms with Gasteiger partial charge >= 0.3 is 0 Å². The van der Waals surface area contributed by atoms with Crippen LogP contribution < -0.4 is 16.2 Å². The summed E-state index contributed by atoms with van der Waals surface area (Å²) in [6, 6.07) is 6.06. The molecule has 1 aromatic rings. The summed E-state index contributed by atoms with van der Waals surface area (Å²) in [5.74, 6) is -0.950. The monoisotopic (exact) mass is 286 g/mol. The number of benzene rings is 1. The first-order chi connectivity index (χ1) is 8.83. The fraction of sp³-hybridized carbons (Fsp3) is 0.200. The lowest BCUT2D eigenvalue weighted by atomic mass is 10.1. The summed E-state index contributed by atoms with van der Waals surface area (Å²) in [6.45, 7) is -0.0918. The average Bonchev–Trinajstić information content (AvgIpc) is 2.36. The minimum absolute atomic E-state index is 0.0918. The number of carbonyl (C=O) groups excluding carboxylic acids is 1. The smallest absolute Gasteiger partial charge is 0.251 e. The molecule has 1 aromatic carbocycles. The van der Waals surface area contributed by atoms with Crippen LogP contribution >= 0.6 is 0 Å². The Morgan fingerprint density at radius 1 is 1.37 bits per heavy atom. The quantitative estimate of drug-likeness (QED) is 0.232. The van der Waals surface area contributed by atoms with Crippen molar-refractivity contribution in [3.63, 3.8) is 0 Å². The van der Waals surface area contributed by atoms with E-state index in [9.17, 15) is 13.2 Å². The molecular formula is C10H14N4O4S. The number of rotatable bonds is 5. The van der Waals surface area contributed by atoms with Gasteiger partial charge in [-0.3, -0.25) is 4.79 Å². The number of nitrogens with one attached hydrogen (secondary N) is 1. The topological polar surface area (TPSA) is 148 Å². The number of nitrogens with zero attached hydrogens (tertiary/aromatic N) is 1. The van der Waals surface area contributed by atoms with Crippen molar-refractivity contribution >= 4 is 21.8 Å². The molecule has 104 valence electrons. The van der Waals surface area contributed by atoms with Crippen molar-refractivity contribution in [3.8, 4) is 0 Å². The van der Waals surface area contributed by atoms with Crippen LogP contribution in [0, 0.1) is 0 Å². The maximum absolute atomic E-state index is 11.7. The third kappa shape index (κ3) is 4.94. The van der Waals surface area contributed by atoms with Crippen LogP contribution in [0.1, 0.15) is 15.9 Å². The number of primary sulfonamides is 1. The summed E-state index contributed by atoms with van der Waals surface area (Å²) < 4.78 is 21.4. The molecule has 0 unspecified atom stereocenters. The van der Waals surface area contributed by atoms with Crippen molar-refractivity contribution < 1.29 is 18.4 Å². The molecule has 0 atom stereocenters. The molecule has 0 aromatic heterocycles. The predicted octanol–water partition coefficient (Wildman–Crippen LogP) is -1.20. The molecule has 1 amide bonds. The van der Waals surface area contributed by atoms with E-state index >= 15 is 0 Å². The molecule has 0 heterocycles. The zero-order valence-electron chi connectivity index (χ0n) is 9.91. The van der Waals surface area contributed by atoms with Crippen molar-refractivity contribution in [1.29, 1.82) is 0 Å². The van der Waals surface area contributed by atoms with E-state index in [0.29, 0.717) is 5.56 Å². The van der Waals surface area contributed by atoms with Gasteiger partial charge in [-0.25, -0.2) is 13.6 Å². The largest absolute Gasteiger partial charge is 0.409 e. The zero-order chi connectivity index (χ0) is 14.5. The number of sulfonamides is 1. The summed E-state index contributed by atoms with van der Waals surface area (Å²) in [5, 5.41) is 18.6. The first kappa shape index (κ1) is 14.9. The fourth-order valence-electron chi connectivity index (χ4n) is 1.29.